The average Bonchev–Trinajstić information content (AvgIpc) is 3.08. The number of rotatable bonds is 20. The predicted molar refractivity (Wildman–Crippen MR) is 185 cm³/mol. The van der Waals surface area contributed by atoms with Crippen LogP contribution in [0.25, 0.3) is 6.08 Å². The standard InChI is InChI=1S/C37H51NO13/c1-5-23(2)37(44)51-33-21-28(40)19-26-11-8-24(3)30(36(26)33)13-12-27(39)20-29(41)22-35(43)50-31-14-9-25(18-32(31)47-4)10-15-34(42)48-16-6-7-17-49-38(45)46/h8-11,14-15,18-19,23-24,27-30,33,36,39-41H,5-7,12-13,16-17,20-22H2,1-4H3/b15-10+/t23-,24-,27?,28+,29-,30-,33-,36-/m0/s1. The van der Waals surface area contributed by atoms with Gasteiger partial charge in [0.1, 0.15) is 6.10 Å². The molecule has 8 atom stereocenters. The highest BCUT2D eigenvalue weighted by molar-refractivity contribution is 5.87. The number of aliphatic hydroxyl groups is 3. The zero-order chi connectivity index (χ0) is 37.5. The predicted octanol–water partition coefficient (Wildman–Crippen LogP) is 4.51. The molecule has 0 fully saturated rings. The first-order valence-electron chi connectivity index (χ1n) is 17.5. The van der Waals surface area contributed by atoms with Crippen molar-refractivity contribution in [3.05, 3.63) is 63.8 Å². The Bertz CT molecular complexity index is 1420. The molecule has 0 amide bonds. The molecule has 0 aromatic heterocycles. The molecule has 1 aromatic rings. The Balaban J connectivity index is 1.48. The largest absolute Gasteiger partial charge is 0.493 e. The van der Waals surface area contributed by atoms with Crippen LogP contribution >= 0.6 is 0 Å². The molecule has 0 saturated heterocycles. The molecule has 0 radical (unpaired) electrons. The second kappa shape index (κ2) is 20.5. The van der Waals surface area contributed by atoms with Crippen molar-refractivity contribution in [2.45, 2.75) is 96.6 Å². The molecule has 14 heteroatoms. The Morgan fingerprint density at radius 1 is 1.12 bits per heavy atom. The summed E-state index contributed by atoms with van der Waals surface area (Å²) in [5.41, 5.74) is 1.48. The van der Waals surface area contributed by atoms with Crippen LogP contribution in [0.2, 0.25) is 0 Å². The van der Waals surface area contributed by atoms with Crippen LogP contribution in [-0.4, -0.2) is 83.1 Å². The van der Waals surface area contributed by atoms with E-state index >= 15 is 0 Å². The van der Waals surface area contributed by atoms with E-state index in [0.29, 0.717) is 44.1 Å². The molecule has 0 bridgehead atoms. The van der Waals surface area contributed by atoms with E-state index in [4.69, 9.17) is 18.9 Å². The molecule has 51 heavy (non-hydrogen) atoms. The third-order valence-electron chi connectivity index (χ3n) is 9.24. The van der Waals surface area contributed by atoms with Gasteiger partial charge in [0.2, 0.25) is 0 Å². The minimum atomic E-state index is -1.17. The molecular weight excluding hydrogens is 666 g/mol. The first-order valence-corrected chi connectivity index (χ1v) is 17.5. The van der Waals surface area contributed by atoms with E-state index in [-0.39, 0.29) is 67.2 Å². The Morgan fingerprint density at radius 3 is 2.57 bits per heavy atom. The molecule has 0 spiro atoms. The summed E-state index contributed by atoms with van der Waals surface area (Å²) in [4.78, 5) is 51.6. The van der Waals surface area contributed by atoms with Gasteiger partial charge in [0.05, 0.1) is 51.0 Å². The summed E-state index contributed by atoms with van der Waals surface area (Å²) in [6.07, 6.45) is 7.51. The van der Waals surface area contributed by atoms with Crippen molar-refractivity contribution in [2.24, 2.45) is 23.7 Å². The third kappa shape index (κ3) is 13.4. The second-order valence-electron chi connectivity index (χ2n) is 13.1. The number of unbranched alkanes of at least 4 members (excludes halogenated alkanes) is 1. The molecule has 0 aliphatic heterocycles. The number of fused-ring (bicyclic) bond motifs is 1. The second-order valence-corrected chi connectivity index (χ2v) is 13.1. The van der Waals surface area contributed by atoms with Crippen molar-refractivity contribution in [1.29, 1.82) is 0 Å². The fraction of sp³-hybridized carbons (Fsp3) is 0.595. The van der Waals surface area contributed by atoms with E-state index in [1.807, 2.05) is 26.0 Å². The van der Waals surface area contributed by atoms with Crippen LogP contribution in [-0.2, 0) is 28.7 Å². The number of nitrogens with zero attached hydrogens (tertiary/aromatic N) is 1. The van der Waals surface area contributed by atoms with Crippen LogP contribution in [0.4, 0.5) is 0 Å². The van der Waals surface area contributed by atoms with Gasteiger partial charge in [0.25, 0.3) is 5.09 Å². The summed E-state index contributed by atoms with van der Waals surface area (Å²) < 4.78 is 21.7. The summed E-state index contributed by atoms with van der Waals surface area (Å²) in [5.74, 6) is -1.51. The molecule has 0 heterocycles. The van der Waals surface area contributed by atoms with Crippen LogP contribution in [0.15, 0.2) is 48.1 Å². The zero-order valence-electron chi connectivity index (χ0n) is 29.7. The fourth-order valence-electron chi connectivity index (χ4n) is 6.28. The maximum absolute atomic E-state index is 12.7. The zero-order valence-corrected chi connectivity index (χ0v) is 29.7. The number of hydrogen-bond acceptors (Lipinski definition) is 13. The number of benzene rings is 1. The first kappa shape index (κ1) is 41.2. The van der Waals surface area contributed by atoms with Crippen LogP contribution in [0.3, 0.4) is 0 Å². The minimum absolute atomic E-state index is 0.0333. The molecule has 1 aromatic carbocycles. The molecular formula is C37H51NO13. The van der Waals surface area contributed by atoms with Gasteiger partial charge in [0.15, 0.2) is 11.5 Å². The topological polar surface area (TPSA) is 201 Å². The van der Waals surface area contributed by atoms with Crippen molar-refractivity contribution < 1.29 is 58.6 Å². The maximum Gasteiger partial charge on any atom is 0.330 e. The van der Waals surface area contributed by atoms with Crippen molar-refractivity contribution in [2.75, 3.05) is 20.3 Å². The number of esters is 3. The summed E-state index contributed by atoms with van der Waals surface area (Å²) >= 11 is 0. The summed E-state index contributed by atoms with van der Waals surface area (Å²) in [6, 6.07) is 4.62. The lowest BCUT2D eigenvalue weighted by Crippen LogP contribution is -2.43. The van der Waals surface area contributed by atoms with Gasteiger partial charge in [-0.1, -0.05) is 45.1 Å². The van der Waals surface area contributed by atoms with Gasteiger partial charge in [-0.15, -0.1) is 10.1 Å². The van der Waals surface area contributed by atoms with E-state index in [9.17, 15) is 39.8 Å². The Kier molecular flexibility index (Phi) is 16.6. The lowest BCUT2D eigenvalue weighted by molar-refractivity contribution is -0.757. The molecule has 0 saturated carbocycles. The molecule has 282 valence electrons. The monoisotopic (exact) mass is 717 g/mol. The van der Waals surface area contributed by atoms with Gasteiger partial charge in [-0.3, -0.25) is 9.59 Å². The quantitative estimate of drug-likeness (QED) is 0.0425. The van der Waals surface area contributed by atoms with Crippen molar-refractivity contribution in [3.63, 3.8) is 0 Å². The number of ether oxygens (including phenoxy) is 4. The molecule has 3 N–H and O–H groups in total. The average molecular weight is 718 g/mol. The molecule has 2 aliphatic carbocycles. The number of allylic oxidation sites excluding steroid dienone is 2. The van der Waals surface area contributed by atoms with E-state index < -0.39 is 41.4 Å². The van der Waals surface area contributed by atoms with Crippen LogP contribution in [0.5, 0.6) is 11.5 Å². The van der Waals surface area contributed by atoms with Gasteiger partial charge >= 0.3 is 17.9 Å². The highest BCUT2D eigenvalue weighted by atomic mass is 16.9. The SMILES string of the molecule is CC[C@H](C)C(=O)O[C@H]1C[C@H](O)C=C2C=C[C@H](C)[C@H](CCC(O)C[C@H](O)CC(=O)Oc3ccc(/C=C/C(=O)OCCCCO[N+](=O)[O-])cc3OC)[C@H]21. The van der Waals surface area contributed by atoms with Crippen LogP contribution in [0, 0.1) is 33.8 Å². The van der Waals surface area contributed by atoms with Crippen molar-refractivity contribution in [1.82, 2.24) is 0 Å². The van der Waals surface area contributed by atoms with E-state index in [1.54, 1.807) is 12.1 Å². The van der Waals surface area contributed by atoms with Gasteiger partial charge in [-0.25, -0.2) is 4.79 Å². The Morgan fingerprint density at radius 2 is 1.86 bits per heavy atom. The molecule has 14 nitrogen and oxygen atoms in total. The summed E-state index contributed by atoms with van der Waals surface area (Å²) in [6.45, 7) is 5.81. The number of carbonyl (C=O) groups is 3. The number of hydrogen-bond donors (Lipinski definition) is 3. The highest BCUT2D eigenvalue weighted by Gasteiger charge is 2.42. The van der Waals surface area contributed by atoms with Gasteiger partial charge in [0, 0.05) is 18.4 Å². The molecule has 1 unspecified atom stereocenters. The fourth-order valence-corrected chi connectivity index (χ4v) is 6.28. The number of methoxy groups -OCH3 is 1. The maximum atomic E-state index is 12.7. The van der Waals surface area contributed by atoms with E-state index in [2.05, 4.69) is 17.8 Å². The summed E-state index contributed by atoms with van der Waals surface area (Å²) in [7, 11) is 1.39. The van der Waals surface area contributed by atoms with Gasteiger partial charge in [-0.2, -0.15) is 0 Å². The van der Waals surface area contributed by atoms with Crippen molar-refractivity contribution in [3.8, 4) is 11.5 Å². The summed E-state index contributed by atoms with van der Waals surface area (Å²) in [5, 5.41) is 41.2. The normalized spacial score (nSPS) is 23.0. The molecule has 2 aliphatic rings. The highest BCUT2D eigenvalue weighted by Crippen LogP contribution is 2.44. The smallest absolute Gasteiger partial charge is 0.330 e. The van der Waals surface area contributed by atoms with Crippen LogP contribution < -0.4 is 9.47 Å². The third-order valence-corrected chi connectivity index (χ3v) is 9.24. The minimum Gasteiger partial charge on any atom is -0.493 e. The first-order chi connectivity index (χ1) is 24.3. The van der Waals surface area contributed by atoms with E-state index in [0.717, 1.165) is 5.57 Å². The molecule has 3 rings (SSSR count). The van der Waals surface area contributed by atoms with Crippen molar-refractivity contribution >= 4 is 24.0 Å². The lowest BCUT2D eigenvalue weighted by atomic mass is 9.66. The number of carbonyl (C=O) groups excluding carboxylic acids is 3. The van der Waals surface area contributed by atoms with E-state index in [1.165, 1.54) is 25.3 Å². The Hall–Kier alpha value is -4.27. The Labute approximate surface area is 298 Å². The van der Waals surface area contributed by atoms with Crippen LogP contribution in [0.1, 0.15) is 77.7 Å². The number of aliphatic hydroxyl groups excluding tert-OH is 3. The van der Waals surface area contributed by atoms with Gasteiger partial charge in [-0.05, 0) is 79.7 Å². The van der Waals surface area contributed by atoms with Gasteiger partial charge < -0.3 is 39.1 Å². The lowest BCUT2D eigenvalue weighted by Gasteiger charge is -2.43.